The molecule has 96 valence electrons. The molecule has 2 aliphatic heterocycles. The molecule has 0 unspecified atom stereocenters. The van der Waals surface area contributed by atoms with Crippen LogP contribution in [0.15, 0.2) is 18.2 Å². The number of amides is 1. The average Bonchev–Trinajstić information content (AvgIpc) is 2.85. The molecule has 3 rings (SSSR count). The van der Waals surface area contributed by atoms with E-state index >= 15 is 0 Å². The second kappa shape index (κ2) is 4.52. The maximum atomic E-state index is 12.4. The average molecular weight is 247 g/mol. The minimum atomic E-state index is 0.0977. The lowest BCUT2D eigenvalue weighted by Gasteiger charge is -2.33. The van der Waals surface area contributed by atoms with Crippen molar-refractivity contribution in [3.8, 4) is 11.5 Å². The van der Waals surface area contributed by atoms with Gasteiger partial charge in [-0.25, -0.2) is 0 Å². The lowest BCUT2D eigenvalue weighted by molar-refractivity contribution is 0.0635. The quantitative estimate of drug-likeness (QED) is 0.765. The van der Waals surface area contributed by atoms with Gasteiger partial charge < -0.3 is 14.4 Å². The highest BCUT2D eigenvalue weighted by molar-refractivity contribution is 5.95. The normalized spacial score (nSPS) is 22.1. The summed E-state index contributed by atoms with van der Waals surface area (Å²) in [5.74, 6) is 1.49. The van der Waals surface area contributed by atoms with Gasteiger partial charge in [0, 0.05) is 18.2 Å². The van der Waals surface area contributed by atoms with Crippen molar-refractivity contribution in [2.75, 3.05) is 13.3 Å². The maximum Gasteiger partial charge on any atom is 0.254 e. The lowest BCUT2D eigenvalue weighted by atomic mass is 10.0. The molecule has 0 bridgehead atoms. The van der Waals surface area contributed by atoms with Crippen LogP contribution >= 0.6 is 0 Å². The Balaban J connectivity index is 1.83. The summed E-state index contributed by atoms with van der Waals surface area (Å²) >= 11 is 0. The van der Waals surface area contributed by atoms with Crippen molar-refractivity contribution in [1.82, 2.24) is 4.90 Å². The number of carbonyl (C=O) groups excluding carboxylic acids is 1. The Morgan fingerprint density at radius 1 is 1.28 bits per heavy atom. The van der Waals surface area contributed by atoms with Crippen molar-refractivity contribution in [3.05, 3.63) is 23.8 Å². The van der Waals surface area contributed by atoms with Crippen molar-refractivity contribution in [3.63, 3.8) is 0 Å². The Hall–Kier alpha value is -1.71. The summed E-state index contributed by atoms with van der Waals surface area (Å²) in [6.07, 6.45) is 3.41. The molecule has 18 heavy (non-hydrogen) atoms. The van der Waals surface area contributed by atoms with Crippen molar-refractivity contribution >= 4 is 5.91 Å². The first-order chi connectivity index (χ1) is 8.75. The maximum absolute atomic E-state index is 12.4. The lowest BCUT2D eigenvalue weighted by Crippen LogP contribution is -2.41. The van der Waals surface area contributed by atoms with Crippen molar-refractivity contribution in [2.24, 2.45) is 0 Å². The number of nitrogens with zero attached hydrogens (tertiary/aromatic N) is 1. The molecule has 2 heterocycles. The molecule has 0 aliphatic carbocycles. The fraction of sp³-hybridized carbons (Fsp3) is 0.500. The number of carbonyl (C=O) groups is 1. The zero-order valence-electron chi connectivity index (χ0n) is 10.5. The van der Waals surface area contributed by atoms with E-state index in [2.05, 4.69) is 6.92 Å². The predicted molar refractivity (Wildman–Crippen MR) is 66.9 cm³/mol. The van der Waals surface area contributed by atoms with E-state index in [9.17, 15) is 4.79 Å². The third kappa shape index (κ3) is 1.92. The van der Waals surface area contributed by atoms with Crippen LogP contribution in [-0.4, -0.2) is 30.2 Å². The van der Waals surface area contributed by atoms with E-state index in [0.29, 0.717) is 17.4 Å². The Morgan fingerprint density at radius 3 is 2.94 bits per heavy atom. The summed E-state index contributed by atoms with van der Waals surface area (Å²) in [6.45, 7) is 3.21. The monoisotopic (exact) mass is 247 g/mol. The summed E-state index contributed by atoms with van der Waals surface area (Å²) < 4.78 is 10.6. The van der Waals surface area contributed by atoms with Gasteiger partial charge >= 0.3 is 0 Å². The zero-order chi connectivity index (χ0) is 12.5. The van der Waals surface area contributed by atoms with E-state index in [1.54, 1.807) is 6.07 Å². The van der Waals surface area contributed by atoms with Crippen molar-refractivity contribution in [2.45, 2.75) is 32.2 Å². The van der Waals surface area contributed by atoms with Gasteiger partial charge in [0.1, 0.15) is 0 Å². The molecule has 0 saturated carbocycles. The van der Waals surface area contributed by atoms with E-state index in [4.69, 9.17) is 9.47 Å². The number of benzene rings is 1. The van der Waals surface area contributed by atoms with Gasteiger partial charge in [-0.05, 0) is 44.4 Å². The van der Waals surface area contributed by atoms with Gasteiger partial charge in [0.2, 0.25) is 6.79 Å². The minimum absolute atomic E-state index is 0.0977. The Bertz CT molecular complexity index is 472. The molecule has 1 aromatic carbocycles. The predicted octanol–water partition coefficient (Wildman–Crippen LogP) is 2.43. The molecule has 0 aromatic heterocycles. The molecule has 0 spiro atoms. The SMILES string of the molecule is C[C@@H]1CCCCN1C(=O)c1ccc2c(c1)OCO2. The minimum Gasteiger partial charge on any atom is -0.454 e. The first-order valence-corrected chi connectivity index (χ1v) is 6.46. The second-order valence-electron chi connectivity index (χ2n) is 4.91. The molecular weight excluding hydrogens is 230 g/mol. The molecule has 1 aromatic rings. The molecule has 0 radical (unpaired) electrons. The third-order valence-electron chi connectivity index (χ3n) is 3.68. The van der Waals surface area contributed by atoms with Gasteiger partial charge in [0.25, 0.3) is 5.91 Å². The first kappa shape index (κ1) is 11.4. The summed E-state index contributed by atoms with van der Waals surface area (Å²) in [7, 11) is 0. The van der Waals surface area contributed by atoms with Gasteiger partial charge in [0.05, 0.1) is 0 Å². The van der Waals surface area contributed by atoms with Gasteiger partial charge in [-0.1, -0.05) is 0 Å². The van der Waals surface area contributed by atoms with Crippen LogP contribution in [0, 0.1) is 0 Å². The van der Waals surface area contributed by atoms with Crippen LogP contribution in [0.2, 0.25) is 0 Å². The Labute approximate surface area is 106 Å². The first-order valence-electron chi connectivity index (χ1n) is 6.46. The molecule has 2 aliphatic rings. The summed E-state index contributed by atoms with van der Waals surface area (Å²) in [6, 6.07) is 5.74. The zero-order valence-corrected chi connectivity index (χ0v) is 10.5. The molecule has 0 N–H and O–H groups in total. The number of hydrogen-bond acceptors (Lipinski definition) is 3. The number of fused-ring (bicyclic) bond motifs is 1. The molecule has 1 amide bonds. The van der Waals surface area contributed by atoms with Crippen molar-refractivity contribution in [1.29, 1.82) is 0 Å². The summed E-state index contributed by atoms with van der Waals surface area (Å²) in [4.78, 5) is 14.4. The topological polar surface area (TPSA) is 38.8 Å². The highest BCUT2D eigenvalue weighted by atomic mass is 16.7. The number of ether oxygens (including phenoxy) is 2. The Morgan fingerprint density at radius 2 is 2.11 bits per heavy atom. The standard InChI is InChI=1S/C14H17NO3/c1-10-4-2-3-7-15(10)14(16)11-5-6-12-13(8-11)18-9-17-12/h5-6,8,10H,2-4,7,9H2,1H3/t10-/m1/s1. The largest absolute Gasteiger partial charge is 0.454 e. The van der Waals surface area contributed by atoms with Crippen LogP contribution < -0.4 is 9.47 Å². The van der Waals surface area contributed by atoms with Crippen LogP contribution in [0.3, 0.4) is 0 Å². The Kier molecular flexibility index (Phi) is 2.86. The van der Waals surface area contributed by atoms with Crippen LogP contribution in [-0.2, 0) is 0 Å². The number of hydrogen-bond donors (Lipinski definition) is 0. The highest BCUT2D eigenvalue weighted by Gasteiger charge is 2.25. The number of rotatable bonds is 1. The summed E-state index contributed by atoms with van der Waals surface area (Å²) in [5.41, 5.74) is 0.688. The van der Waals surface area contributed by atoms with Gasteiger partial charge in [-0.15, -0.1) is 0 Å². The van der Waals surface area contributed by atoms with Crippen LogP contribution in [0.5, 0.6) is 11.5 Å². The van der Waals surface area contributed by atoms with E-state index in [-0.39, 0.29) is 12.7 Å². The molecule has 1 saturated heterocycles. The van der Waals surface area contributed by atoms with Gasteiger partial charge in [-0.2, -0.15) is 0 Å². The molecular formula is C14H17NO3. The van der Waals surface area contributed by atoms with E-state index < -0.39 is 0 Å². The third-order valence-corrected chi connectivity index (χ3v) is 3.68. The number of piperidine rings is 1. The second-order valence-corrected chi connectivity index (χ2v) is 4.91. The van der Waals surface area contributed by atoms with Gasteiger partial charge in [-0.3, -0.25) is 4.79 Å². The molecule has 4 nitrogen and oxygen atoms in total. The fourth-order valence-corrected chi connectivity index (χ4v) is 2.60. The van der Waals surface area contributed by atoms with E-state index in [0.717, 1.165) is 25.1 Å². The summed E-state index contributed by atoms with van der Waals surface area (Å²) in [5, 5.41) is 0. The molecule has 1 fully saturated rings. The van der Waals surface area contributed by atoms with E-state index in [1.165, 1.54) is 6.42 Å². The molecule has 1 atom stereocenters. The number of likely N-dealkylation sites (tertiary alicyclic amines) is 1. The fourth-order valence-electron chi connectivity index (χ4n) is 2.60. The van der Waals surface area contributed by atoms with E-state index in [1.807, 2.05) is 17.0 Å². The van der Waals surface area contributed by atoms with Crippen LogP contribution in [0.25, 0.3) is 0 Å². The van der Waals surface area contributed by atoms with Crippen LogP contribution in [0.4, 0.5) is 0 Å². The molecule has 4 heteroatoms. The van der Waals surface area contributed by atoms with Crippen LogP contribution in [0.1, 0.15) is 36.5 Å². The highest BCUT2D eigenvalue weighted by Crippen LogP contribution is 2.33. The van der Waals surface area contributed by atoms with Gasteiger partial charge in [0.15, 0.2) is 11.5 Å². The smallest absolute Gasteiger partial charge is 0.254 e. The van der Waals surface area contributed by atoms with Crippen molar-refractivity contribution < 1.29 is 14.3 Å².